The maximum atomic E-state index is 12.0. The summed E-state index contributed by atoms with van der Waals surface area (Å²) in [5.41, 5.74) is 1.85. The van der Waals surface area contributed by atoms with E-state index in [-0.39, 0.29) is 12.3 Å². The Morgan fingerprint density at radius 3 is 3.15 bits per heavy atom. The second-order valence-electron chi connectivity index (χ2n) is 5.77. The molecule has 0 atom stereocenters. The number of anilines is 1. The number of ether oxygens (including phenoxy) is 1. The molecule has 0 spiro atoms. The van der Waals surface area contributed by atoms with Crippen molar-refractivity contribution >= 4 is 33.3 Å². The first kappa shape index (κ1) is 17.3. The molecule has 0 fully saturated rings. The highest BCUT2D eigenvalue weighted by molar-refractivity contribution is 7.15. The van der Waals surface area contributed by atoms with E-state index in [4.69, 9.17) is 9.26 Å². The Labute approximate surface area is 157 Å². The lowest BCUT2D eigenvalue weighted by atomic mass is 10.1. The Morgan fingerprint density at radius 2 is 2.26 bits per heavy atom. The molecular weight excluding hydrogens is 368 g/mol. The van der Waals surface area contributed by atoms with Crippen LogP contribution >= 0.6 is 11.3 Å². The summed E-state index contributed by atoms with van der Waals surface area (Å²) in [7, 11) is 1.58. The van der Waals surface area contributed by atoms with Crippen molar-refractivity contribution in [1.82, 2.24) is 25.3 Å². The molecule has 3 aromatic heterocycles. The van der Waals surface area contributed by atoms with E-state index in [0.29, 0.717) is 34.9 Å². The summed E-state index contributed by atoms with van der Waals surface area (Å²) < 4.78 is 10.2. The molecule has 9 nitrogen and oxygen atoms in total. The standard InChI is InChI=1S/C17H16N6O3S/c1-25-9-15-21-22-17(27-15)19-13(24)4-5-14-20-16(23-26-14)11-3-2-10-6-7-18-12(10)8-11/h2-3,6-8,18H,4-5,9H2,1H3,(H,19,22,24). The fourth-order valence-electron chi connectivity index (χ4n) is 2.55. The van der Waals surface area contributed by atoms with Gasteiger partial charge in [-0.2, -0.15) is 4.98 Å². The van der Waals surface area contributed by atoms with Gasteiger partial charge in [0, 0.05) is 37.2 Å². The fraction of sp³-hybridized carbons (Fsp3) is 0.235. The molecular formula is C17H16N6O3S. The number of fused-ring (bicyclic) bond motifs is 1. The van der Waals surface area contributed by atoms with Crippen LogP contribution in [0.1, 0.15) is 17.3 Å². The predicted molar refractivity (Wildman–Crippen MR) is 99.2 cm³/mol. The smallest absolute Gasteiger partial charge is 0.227 e. The molecule has 0 unspecified atom stereocenters. The number of hydrogen-bond acceptors (Lipinski definition) is 8. The van der Waals surface area contributed by atoms with Gasteiger partial charge in [0.2, 0.25) is 22.8 Å². The van der Waals surface area contributed by atoms with Crippen LogP contribution in [0.25, 0.3) is 22.3 Å². The van der Waals surface area contributed by atoms with E-state index in [9.17, 15) is 4.79 Å². The maximum absolute atomic E-state index is 12.0. The van der Waals surface area contributed by atoms with Crippen molar-refractivity contribution < 1.29 is 14.1 Å². The summed E-state index contributed by atoms with van der Waals surface area (Å²) in [5.74, 6) is 0.710. The summed E-state index contributed by atoms with van der Waals surface area (Å²) in [6.07, 6.45) is 2.43. The molecule has 0 saturated carbocycles. The van der Waals surface area contributed by atoms with Gasteiger partial charge in [-0.05, 0) is 17.5 Å². The van der Waals surface area contributed by atoms with Crippen molar-refractivity contribution in [2.45, 2.75) is 19.4 Å². The first-order valence-corrected chi connectivity index (χ1v) is 9.04. The number of aromatic nitrogens is 5. The molecule has 2 N–H and O–H groups in total. The molecule has 0 aliphatic carbocycles. The van der Waals surface area contributed by atoms with Gasteiger partial charge in [-0.15, -0.1) is 10.2 Å². The molecule has 1 aromatic carbocycles. The topological polar surface area (TPSA) is 119 Å². The number of hydrogen-bond donors (Lipinski definition) is 2. The number of benzene rings is 1. The number of aryl methyl sites for hydroxylation is 1. The van der Waals surface area contributed by atoms with Gasteiger partial charge in [0.25, 0.3) is 0 Å². The van der Waals surface area contributed by atoms with Gasteiger partial charge in [0.05, 0.1) is 0 Å². The molecule has 1 amide bonds. The lowest BCUT2D eigenvalue weighted by Gasteiger charge is -1.98. The molecule has 10 heteroatoms. The summed E-state index contributed by atoms with van der Waals surface area (Å²) in [4.78, 5) is 19.6. The van der Waals surface area contributed by atoms with Gasteiger partial charge < -0.3 is 19.6 Å². The third kappa shape index (κ3) is 4.01. The lowest BCUT2D eigenvalue weighted by molar-refractivity contribution is -0.116. The molecule has 0 aliphatic rings. The summed E-state index contributed by atoms with van der Waals surface area (Å²) in [5, 5.41) is 16.8. The molecule has 27 heavy (non-hydrogen) atoms. The molecule has 0 radical (unpaired) electrons. The summed E-state index contributed by atoms with van der Waals surface area (Å²) in [6.45, 7) is 0.368. The first-order valence-electron chi connectivity index (χ1n) is 8.22. The van der Waals surface area contributed by atoms with Gasteiger partial charge in [0.15, 0.2) is 0 Å². The zero-order valence-electron chi connectivity index (χ0n) is 14.4. The molecule has 0 aliphatic heterocycles. The zero-order valence-corrected chi connectivity index (χ0v) is 15.2. The van der Waals surface area contributed by atoms with Crippen LogP contribution in [-0.4, -0.2) is 38.3 Å². The van der Waals surface area contributed by atoms with Crippen molar-refractivity contribution in [2.75, 3.05) is 12.4 Å². The monoisotopic (exact) mass is 384 g/mol. The van der Waals surface area contributed by atoms with E-state index in [1.54, 1.807) is 7.11 Å². The number of H-pyrrole nitrogens is 1. The number of methoxy groups -OCH3 is 1. The number of nitrogens with one attached hydrogen (secondary N) is 2. The van der Waals surface area contributed by atoms with Crippen LogP contribution < -0.4 is 5.32 Å². The molecule has 0 bridgehead atoms. The average molecular weight is 384 g/mol. The Balaban J connectivity index is 1.35. The molecule has 4 aromatic rings. The third-order valence-corrected chi connectivity index (χ3v) is 4.64. The van der Waals surface area contributed by atoms with Gasteiger partial charge in [-0.25, -0.2) is 0 Å². The van der Waals surface area contributed by atoms with Crippen molar-refractivity contribution in [3.8, 4) is 11.4 Å². The van der Waals surface area contributed by atoms with Crippen molar-refractivity contribution in [3.05, 3.63) is 41.4 Å². The minimum atomic E-state index is -0.192. The molecule has 0 saturated heterocycles. The van der Waals surface area contributed by atoms with Gasteiger partial charge in [0.1, 0.15) is 11.6 Å². The van der Waals surface area contributed by atoms with E-state index in [1.807, 2.05) is 30.5 Å². The van der Waals surface area contributed by atoms with Gasteiger partial charge >= 0.3 is 0 Å². The largest absolute Gasteiger partial charge is 0.377 e. The van der Waals surface area contributed by atoms with E-state index in [1.165, 1.54) is 11.3 Å². The van der Waals surface area contributed by atoms with E-state index >= 15 is 0 Å². The van der Waals surface area contributed by atoms with Gasteiger partial charge in [-0.1, -0.05) is 28.6 Å². The number of rotatable bonds is 7. The zero-order chi connectivity index (χ0) is 18.6. The van der Waals surface area contributed by atoms with E-state index < -0.39 is 0 Å². The first-order chi connectivity index (χ1) is 13.2. The second-order valence-corrected chi connectivity index (χ2v) is 6.84. The summed E-state index contributed by atoms with van der Waals surface area (Å²) >= 11 is 1.28. The highest BCUT2D eigenvalue weighted by atomic mass is 32.1. The minimum absolute atomic E-state index is 0.192. The number of amides is 1. The summed E-state index contributed by atoms with van der Waals surface area (Å²) in [6, 6.07) is 7.88. The normalized spacial score (nSPS) is 11.1. The highest BCUT2D eigenvalue weighted by Crippen LogP contribution is 2.22. The second kappa shape index (κ2) is 7.64. The van der Waals surface area contributed by atoms with Crippen LogP contribution in [0.3, 0.4) is 0 Å². The Kier molecular flexibility index (Phi) is 4.90. The lowest BCUT2D eigenvalue weighted by Crippen LogP contribution is -2.12. The number of carbonyl (C=O) groups excluding carboxylic acids is 1. The van der Waals surface area contributed by atoms with Crippen LogP contribution in [0.2, 0.25) is 0 Å². The SMILES string of the molecule is COCc1nnc(NC(=O)CCc2nc(-c3ccc4cc[nH]c4c3)no2)s1. The minimum Gasteiger partial charge on any atom is -0.377 e. The molecule has 3 heterocycles. The van der Waals surface area contributed by atoms with Crippen LogP contribution in [-0.2, 0) is 22.6 Å². The average Bonchev–Trinajstić information content (AvgIpc) is 3.40. The van der Waals surface area contributed by atoms with Crippen LogP contribution in [0.15, 0.2) is 35.0 Å². The van der Waals surface area contributed by atoms with Crippen LogP contribution in [0.5, 0.6) is 0 Å². The van der Waals surface area contributed by atoms with Crippen LogP contribution in [0, 0.1) is 0 Å². The van der Waals surface area contributed by atoms with E-state index in [2.05, 4.69) is 30.6 Å². The fourth-order valence-corrected chi connectivity index (χ4v) is 3.28. The molecule has 4 rings (SSSR count). The quantitative estimate of drug-likeness (QED) is 0.503. The van der Waals surface area contributed by atoms with Crippen molar-refractivity contribution in [2.24, 2.45) is 0 Å². The Bertz CT molecular complexity index is 1070. The highest BCUT2D eigenvalue weighted by Gasteiger charge is 2.13. The van der Waals surface area contributed by atoms with Crippen molar-refractivity contribution in [1.29, 1.82) is 0 Å². The molecule has 138 valence electrons. The maximum Gasteiger partial charge on any atom is 0.227 e. The number of nitrogens with zero attached hydrogens (tertiary/aromatic N) is 4. The number of aromatic amines is 1. The van der Waals surface area contributed by atoms with E-state index in [0.717, 1.165) is 16.5 Å². The third-order valence-electron chi connectivity index (χ3n) is 3.83. The Hall–Kier alpha value is -3.11. The van der Waals surface area contributed by atoms with Crippen LogP contribution in [0.4, 0.5) is 5.13 Å². The van der Waals surface area contributed by atoms with Gasteiger partial charge in [-0.3, -0.25) is 4.79 Å². The Morgan fingerprint density at radius 1 is 1.33 bits per heavy atom. The number of carbonyl (C=O) groups is 1. The predicted octanol–water partition coefficient (Wildman–Crippen LogP) is 2.79. The van der Waals surface area contributed by atoms with Crippen molar-refractivity contribution in [3.63, 3.8) is 0 Å².